The second-order valence-electron chi connectivity index (χ2n) is 8.85. The number of likely N-dealkylation sites (N-methyl/N-ethyl adjacent to an activating group) is 1. The highest BCUT2D eigenvalue weighted by Gasteiger charge is 2.24. The van der Waals surface area contributed by atoms with Gasteiger partial charge in [-0.15, -0.1) is 17.9 Å². The summed E-state index contributed by atoms with van der Waals surface area (Å²) in [5, 5.41) is 0.499. The number of carbonyl (C=O) groups is 1. The predicted octanol–water partition coefficient (Wildman–Crippen LogP) is 5.95. The Bertz CT molecular complexity index is 1520. The number of para-hydroxylation sites is 1. The number of nitrogens with zero attached hydrogens (tertiary/aromatic N) is 2. The molecule has 2 heterocycles. The molecule has 0 bridgehead atoms. The highest BCUT2D eigenvalue weighted by Crippen LogP contribution is 2.40. The van der Waals surface area contributed by atoms with E-state index in [1.54, 1.807) is 27.3 Å². The van der Waals surface area contributed by atoms with Gasteiger partial charge in [0.05, 0.1) is 39.0 Å². The fourth-order valence-corrected chi connectivity index (χ4v) is 5.69. The molecule has 2 aromatic carbocycles. The Labute approximate surface area is 231 Å². The first-order chi connectivity index (χ1) is 18.9. The zero-order valence-corrected chi connectivity index (χ0v) is 23.4. The van der Waals surface area contributed by atoms with E-state index in [0.717, 1.165) is 37.9 Å². The third kappa shape index (κ3) is 6.16. The molecule has 204 valence electrons. The van der Waals surface area contributed by atoms with Gasteiger partial charge < -0.3 is 23.5 Å². The SMILES string of the molecule is C=CCN(C)Cc1c(-c2ccc(OC)cc2)sc2c1c(=O)c(OC(=O)OCC)cn2Cc1ccccc1OC. The summed E-state index contributed by atoms with van der Waals surface area (Å²) in [4.78, 5) is 29.9. The molecular formula is C30H32N2O6S. The Kier molecular flexibility index (Phi) is 9.06. The topological polar surface area (TPSA) is 79.2 Å². The van der Waals surface area contributed by atoms with E-state index in [2.05, 4.69) is 11.5 Å². The molecule has 0 amide bonds. The smallest absolute Gasteiger partial charge is 0.497 e. The number of fused-ring (bicyclic) bond motifs is 1. The minimum Gasteiger partial charge on any atom is -0.497 e. The van der Waals surface area contributed by atoms with Gasteiger partial charge in [0.1, 0.15) is 16.3 Å². The van der Waals surface area contributed by atoms with Crippen LogP contribution in [-0.2, 0) is 17.8 Å². The lowest BCUT2D eigenvalue weighted by Gasteiger charge is -2.16. The standard InChI is InChI=1S/C30H32N2O6S/c1-6-16-31(3)18-23-26-27(33)25(38-30(34)37-7-2)19-32(17-21-10-8-9-11-24(21)36-5)29(26)39-28(23)20-12-14-22(35-4)15-13-20/h6,8-15,19H,1,7,16-18H2,2-5H3. The molecule has 0 unspecified atom stereocenters. The Morgan fingerprint density at radius 1 is 1.08 bits per heavy atom. The molecular weight excluding hydrogens is 516 g/mol. The summed E-state index contributed by atoms with van der Waals surface area (Å²) in [6.07, 6.45) is 2.46. The molecule has 9 heteroatoms. The number of ether oxygens (including phenoxy) is 4. The van der Waals surface area contributed by atoms with Crippen molar-refractivity contribution < 1.29 is 23.7 Å². The third-order valence-corrected chi connectivity index (χ3v) is 7.50. The summed E-state index contributed by atoms with van der Waals surface area (Å²) in [6, 6.07) is 15.4. The summed E-state index contributed by atoms with van der Waals surface area (Å²) in [7, 11) is 5.21. The van der Waals surface area contributed by atoms with E-state index in [1.165, 1.54) is 11.3 Å². The van der Waals surface area contributed by atoms with Gasteiger partial charge in [-0.25, -0.2) is 4.79 Å². The molecule has 0 saturated heterocycles. The maximum Gasteiger partial charge on any atom is 0.514 e. The fraction of sp³-hybridized carbons (Fsp3) is 0.267. The third-order valence-electron chi connectivity index (χ3n) is 6.18. The van der Waals surface area contributed by atoms with Crippen molar-refractivity contribution in [2.75, 3.05) is 34.4 Å². The van der Waals surface area contributed by atoms with Crippen LogP contribution >= 0.6 is 11.3 Å². The maximum atomic E-state index is 13.9. The minimum absolute atomic E-state index is 0.0949. The van der Waals surface area contributed by atoms with Crippen LogP contribution in [0, 0.1) is 0 Å². The Morgan fingerprint density at radius 3 is 2.49 bits per heavy atom. The summed E-state index contributed by atoms with van der Waals surface area (Å²) in [5.41, 5.74) is 2.34. The van der Waals surface area contributed by atoms with Crippen LogP contribution in [0.4, 0.5) is 4.79 Å². The summed E-state index contributed by atoms with van der Waals surface area (Å²) < 4.78 is 23.2. The van der Waals surface area contributed by atoms with Crippen LogP contribution < -0.4 is 19.6 Å². The van der Waals surface area contributed by atoms with Gasteiger partial charge in [0.15, 0.2) is 5.75 Å². The van der Waals surface area contributed by atoms with Gasteiger partial charge in [-0.3, -0.25) is 9.69 Å². The second-order valence-corrected chi connectivity index (χ2v) is 9.85. The number of benzene rings is 2. The van der Waals surface area contributed by atoms with Crippen molar-refractivity contribution in [1.29, 1.82) is 0 Å². The van der Waals surface area contributed by atoms with Crippen LogP contribution in [-0.4, -0.2) is 50.0 Å². The molecule has 0 aliphatic rings. The first-order valence-electron chi connectivity index (χ1n) is 12.5. The molecule has 0 spiro atoms. The number of hydrogen-bond donors (Lipinski definition) is 0. The summed E-state index contributed by atoms with van der Waals surface area (Å²) in [6.45, 7) is 7.17. The van der Waals surface area contributed by atoms with Crippen LogP contribution in [0.5, 0.6) is 17.2 Å². The molecule has 4 rings (SSSR count). The van der Waals surface area contributed by atoms with Crippen molar-refractivity contribution in [3.8, 4) is 27.7 Å². The van der Waals surface area contributed by atoms with E-state index in [9.17, 15) is 9.59 Å². The number of thiophene rings is 1. The predicted molar refractivity (Wildman–Crippen MR) is 154 cm³/mol. The van der Waals surface area contributed by atoms with Gasteiger partial charge >= 0.3 is 6.16 Å². The van der Waals surface area contributed by atoms with E-state index in [-0.39, 0.29) is 17.8 Å². The molecule has 0 atom stereocenters. The van der Waals surface area contributed by atoms with E-state index in [4.69, 9.17) is 18.9 Å². The van der Waals surface area contributed by atoms with Crippen LogP contribution in [0.1, 0.15) is 18.1 Å². The normalized spacial score (nSPS) is 11.0. The molecule has 0 saturated carbocycles. The van der Waals surface area contributed by atoms with Crippen molar-refractivity contribution in [3.63, 3.8) is 0 Å². The van der Waals surface area contributed by atoms with Gasteiger partial charge in [0.25, 0.3) is 0 Å². The molecule has 0 N–H and O–H groups in total. The van der Waals surface area contributed by atoms with E-state index in [1.807, 2.05) is 66.2 Å². The average Bonchev–Trinajstić information content (AvgIpc) is 3.31. The van der Waals surface area contributed by atoms with Crippen molar-refractivity contribution in [1.82, 2.24) is 9.47 Å². The summed E-state index contributed by atoms with van der Waals surface area (Å²) >= 11 is 1.52. The van der Waals surface area contributed by atoms with Crippen LogP contribution in [0.15, 0.2) is 72.2 Å². The van der Waals surface area contributed by atoms with Crippen molar-refractivity contribution in [2.45, 2.75) is 20.0 Å². The molecule has 0 aliphatic carbocycles. The summed E-state index contributed by atoms with van der Waals surface area (Å²) in [5.74, 6) is 1.36. The number of carbonyl (C=O) groups excluding carboxylic acids is 1. The number of pyridine rings is 1. The van der Waals surface area contributed by atoms with Crippen molar-refractivity contribution in [3.05, 3.63) is 88.7 Å². The van der Waals surface area contributed by atoms with Crippen LogP contribution in [0.3, 0.4) is 0 Å². The zero-order valence-electron chi connectivity index (χ0n) is 22.6. The van der Waals surface area contributed by atoms with Gasteiger partial charge in [0, 0.05) is 23.5 Å². The monoisotopic (exact) mass is 548 g/mol. The van der Waals surface area contributed by atoms with Crippen molar-refractivity contribution >= 4 is 27.7 Å². The van der Waals surface area contributed by atoms with E-state index in [0.29, 0.717) is 25.0 Å². The molecule has 4 aromatic rings. The number of rotatable bonds is 11. The lowest BCUT2D eigenvalue weighted by molar-refractivity contribution is 0.104. The zero-order chi connectivity index (χ0) is 27.9. The first kappa shape index (κ1) is 27.9. The fourth-order valence-electron chi connectivity index (χ4n) is 4.40. The average molecular weight is 549 g/mol. The van der Waals surface area contributed by atoms with E-state index >= 15 is 0 Å². The molecule has 8 nitrogen and oxygen atoms in total. The molecule has 0 aliphatic heterocycles. The van der Waals surface area contributed by atoms with E-state index < -0.39 is 6.16 Å². The highest BCUT2D eigenvalue weighted by molar-refractivity contribution is 7.22. The number of hydrogen-bond acceptors (Lipinski definition) is 8. The largest absolute Gasteiger partial charge is 0.514 e. The lowest BCUT2D eigenvalue weighted by Crippen LogP contribution is -2.21. The number of aromatic nitrogens is 1. The van der Waals surface area contributed by atoms with Gasteiger partial charge in [-0.05, 0) is 55.4 Å². The Morgan fingerprint density at radius 2 is 1.82 bits per heavy atom. The molecule has 2 aromatic heterocycles. The van der Waals surface area contributed by atoms with Gasteiger partial charge in [-0.2, -0.15) is 0 Å². The molecule has 0 radical (unpaired) electrons. The van der Waals surface area contributed by atoms with Crippen LogP contribution in [0.25, 0.3) is 20.7 Å². The second kappa shape index (κ2) is 12.6. The van der Waals surface area contributed by atoms with Crippen LogP contribution in [0.2, 0.25) is 0 Å². The molecule has 0 fully saturated rings. The minimum atomic E-state index is -0.922. The van der Waals surface area contributed by atoms with Gasteiger partial charge in [-0.1, -0.05) is 24.3 Å². The number of methoxy groups -OCH3 is 2. The highest BCUT2D eigenvalue weighted by atomic mass is 32.1. The Hall–Kier alpha value is -4.08. The lowest BCUT2D eigenvalue weighted by atomic mass is 10.1. The van der Waals surface area contributed by atoms with Crippen molar-refractivity contribution in [2.24, 2.45) is 0 Å². The first-order valence-corrected chi connectivity index (χ1v) is 13.3. The van der Waals surface area contributed by atoms with Gasteiger partial charge in [0.2, 0.25) is 5.43 Å². The maximum absolute atomic E-state index is 13.9. The Balaban J connectivity index is 1.99. The quantitative estimate of drug-likeness (QED) is 0.169. The molecule has 39 heavy (non-hydrogen) atoms.